The Morgan fingerprint density at radius 3 is 1.88 bits per heavy atom. The Balaban J connectivity index is 4.55. The molecular formula is C13H25NO2. The zero-order valence-corrected chi connectivity index (χ0v) is 11.3. The van der Waals surface area contributed by atoms with Crippen molar-refractivity contribution >= 4 is 11.7 Å². The molecule has 0 heterocycles. The Hall–Kier alpha value is -0.860. The lowest BCUT2D eigenvalue weighted by atomic mass is 9.94. The molecule has 0 bridgehead atoms. The van der Waals surface area contributed by atoms with Gasteiger partial charge in [0.1, 0.15) is 0 Å². The minimum atomic E-state index is -0.324. The molecule has 3 nitrogen and oxygen atoms in total. The first-order valence-corrected chi connectivity index (χ1v) is 6.09. The van der Waals surface area contributed by atoms with Gasteiger partial charge in [-0.1, -0.05) is 41.5 Å². The molecule has 0 aromatic rings. The smallest absolute Gasteiger partial charge is 0.223 e. The Labute approximate surface area is 99.0 Å². The topological polar surface area (TPSA) is 46.2 Å². The Morgan fingerprint density at radius 1 is 1.06 bits per heavy atom. The van der Waals surface area contributed by atoms with Gasteiger partial charge >= 0.3 is 0 Å². The number of rotatable bonds is 6. The van der Waals surface area contributed by atoms with Crippen molar-refractivity contribution in [3.8, 4) is 0 Å². The van der Waals surface area contributed by atoms with Crippen molar-refractivity contribution < 1.29 is 9.59 Å². The lowest BCUT2D eigenvalue weighted by molar-refractivity contribution is -0.131. The molecular weight excluding hydrogens is 204 g/mol. The standard InChI is InChI=1S/C13H25NO2/c1-8(2)7-11(12(15)9(3)4)14-13(16)10(5)6/h8-11H,7H2,1-6H3,(H,14,16)/i16+2. The van der Waals surface area contributed by atoms with E-state index in [0.717, 1.165) is 6.42 Å². The van der Waals surface area contributed by atoms with E-state index in [-0.39, 0.29) is 29.6 Å². The lowest BCUT2D eigenvalue weighted by Gasteiger charge is -2.22. The van der Waals surface area contributed by atoms with Gasteiger partial charge in [0.2, 0.25) is 5.91 Å². The van der Waals surface area contributed by atoms with E-state index in [2.05, 4.69) is 19.2 Å². The van der Waals surface area contributed by atoms with E-state index < -0.39 is 0 Å². The normalized spacial score (nSPS) is 13.3. The van der Waals surface area contributed by atoms with Gasteiger partial charge in [-0.2, -0.15) is 0 Å². The summed E-state index contributed by atoms with van der Waals surface area (Å²) >= 11 is 0. The predicted molar refractivity (Wildman–Crippen MR) is 66.1 cm³/mol. The Bertz CT molecular complexity index is 244. The van der Waals surface area contributed by atoms with Crippen LogP contribution < -0.4 is 5.32 Å². The monoisotopic (exact) mass is 229 g/mol. The van der Waals surface area contributed by atoms with Crippen molar-refractivity contribution in [3.63, 3.8) is 0 Å². The zero-order valence-electron chi connectivity index (χ0n) is 11.3. The van der Waals surface area contributed by atoms with Crippen LogP contribution in [0.5, 0.6) is 0 Å². The van der Waals surface area contributed by atoms with Crippen molar-refractivity contribution in [3.05, 3.63) is 0 Å². The van der Waals surface area contributed by atoms with Gasteiger partial charge in [-0.05, 0) is 12.3 Å². The van der Waals surface area contributed by atoms with Gasteiger partial charge in [0.05, 0.1) is 6.04 Å². The first-order valence-electron chi connectivity index (χ1n) is 6.09. The van der Waals surface area contributed by atoms with Crippen LogP contribution in [-0.4, -0.2) is 17.7 Å². The first-order chi connectivity index (χ1) is 7.25. The molecule has 0 saturated heterocycles. The highest BCUT2D eigenvalue weighted by Gasteiger charge is 2.24. The molecule has 0 aromatic carbocycles. The second kappa shape index (κ2) is 6.66. The summed E-state index contributed by atoms with van der Waals surface area (Å²) in [5.41, 5.74) is 0. The Kier molecular flexibility index (Phi) is 6.31. The number of Topliss-reactive ketones (excluding diaryl/α,β-unsaturated/α-hetero) is 1. The number of hydrogen-bond donors (Lipinski definition) is 1. The number of carbonyl (C=O) groups excluding carboxylic acids is 2. The van der Waals surface area contributed by atoms with Crippen LogP contribution in [0.4, 0.5) is 0 Å². The van der Waals surface area contributed by atoms with Crippen LogP contribution >= 0.6 is 0 Å². The van der Waals surface area contributed by atoms with Gasteiger partial charge in [0.25, 0.3) is 0 Å². The second-order valence-corrected chi connectivity index (χ2v) is 5.40. The van der Waals surface area contributed by atoms with Crippen LogP contribution in [0.25, 0.3) is 0 Å². The number of hydrogen-bond acceptors (Lipinski definition) is 2. The van der Waals surface area contributed by atoms with Gasteiger partial charge in [0, 0.05) is 11.8 Å². The van der Waals surface area contributed by atoms with Gasteiger partial charge < -0.3 is 5.32 Å². The molecule has 0 saturated carbocycles. The summed E-state index contributed by atoms with van der Waals surface area (Å²) in [4.78, 5) is 23.5. The first kappa shape index (κ1) is 15.1. The van der Waals surface area contributed by atoms with E-state index in [9.17, 15) is 9.59 Å². The molecule has 0 aliphatic carbocycles. The number of carbonyl (C=O) groups is 2. The molecule has 0 spiro atoms. The molecule has 0 fully saturated rings. The van der Waals surface area contributed by atoms with Gasteiger partial charge in [-0.3, -0.25) is 9.59 Å². The van der Waals surface area contributed by atoms with Crippen LogP contribution in [0.3, 0.4) is 0 Å². The average molecular weight is 229 g/mol. The van der Waals surface area contributed by atoms with E-state index in [1.165, 1.54) is 0 Å². The molecule has 1 unspecified atom stereocenters. The predicted octanol–water partition coefficient (Wildman–Crippen LogP) is 2.40. The van der Waals surface area contributed by atoms with Crippen LogP contribution in [0.2, 0.25) is 0 Å². The van der Waals surface area contributed by atoms with Gasteiger partial charge in [-0.25, -0.2) is 0 Å². The third-order valence-corrected chi connectivity index (χ3v) is 2.46. The number of ketones is 1. The van der Waals surface area contributed by atoms with Crippen LogP contribution in [0.15, 0.2) is 0 Å². The quantitative estimate of drug-likeness (QED) is 0.711. The molecule has 0 aliphatic heterocycles. The van der Waals surface area contributed by atoms with Crippen molar-refractivity contribution in [1.29, 1.82) is 0 Å². The molecule has 3 heteroatoms. The second-order valence-electron chi connectivity index (χ2n) is 5.40. The van der Waals surface area contributed by atoms with Crippen LogP contribution in [-0.2, 0) is 9.59 Å². The molecule has 0 rings (SSSR count). The van der Waals surface area contributed by atoms with Crippen molar-refractivity contribution in [2.45, 2.75) is 54.0 Å². The highest BCUT2D eigenvalue weighted by Crippen LogP contribution is 2.11. The maximum absolute atomic E-state index is 11.9. The van der Waals surface area contributed by atoms with E-state index in [4.69, 9.17) is 0 Å². The molecule has 0 aromatic heterocycles. The summed E-state index contributed by atoms with van der Waals surface area (Å²) in [5.74, 6) is 0.383. The van der Waals surface area contributed by atoms with E-state index in [1.54, 1.807) is 0 Å². The number of amides is 1. The largest absolute Gasteiger partial charge is 0.346 e. The zero-order chi connectivity index (χ0) is 12.9. The molecule has 16 heavy (non-hydrogen) atoms. The van der Waals surface area contributed by atoms with E-state index >= 15 is 0 Å². The highest BCUT2D eigenvalue weighted by molar-refractivity contribution is 5.90. The van der Waals surface area contributed by atoms with Gasteiger partial charge in [0.15, 0.2) is 5.78 Å². The fourth-order valence-electron chi connectivity index (χ4n) is 1.46. The Morgan fingerprint density at radius 2 is 1.56 bits per heavy atom. The minimum absolute atomic E-state index is 0.0313. The molecule has 1 atom stereocenters. The van der Waals surface area contributed by atoms with Gasteiger partial charge in [-0.15, -0.1) is 0 Å². The fraction of sp³-hybridized carbons (Fsp3) is 0.846. The van der Waals surface area contributed by atoms with Crippen molar-refractivity contribution in [2.24, 2.45) is 17.8 Å². The fourth-order valence-corrected chi connectivity index (χ4v) is 1.46. The number of nitrogens with one attached hydrogen (secondary N) is 1. The third-order valence-electron chi connectivity index (χ3n) is 2.46. The summed E-state index contributed by atoms with van der Waals surface area (Å²) in [6.07, 6.45) is 0.718. The van der Waals surface area contributed by atoms with E-state index in [0.29, 0.717) is 5.92 Å². The van der Waals surface area contributed by atoms with E-state index in [1.807, 2.05) is 27.7 Å². The molecule has 1 amide bonds. The van der Waals surface area contributed by atoms with Crippen LogP contribution in [0, 0.1) is 17.8 Å². The maximum atomic E-state index is 11.9. The molecule has 0 radical (unpaired) electrons. The summed E-state index contributed by atoms with van der Waals surface area (Å²) in [6, 6.07) is -0.324. The summed E-state index contributed by atoms with van der Waals surface area (Å²) in [7, 11) is 0. The molecule has 94 valence electrons. The maximum Gasteiger partial charge on any atom is 0.223 e. The van der Waals surface area contributed by atoms with Crippen molar-refractivity contribution in [2.75, 3.05) is 0 Å². The highest BCUT2D eigenvalue weighted by atomic mass is 18.1. The summed E-state index contributed by atoms with van der Waals surface area (Å²) in [6.45, 7) is 11.5. The average Bonchev–Trinajstić information content (AvgIpc) is 2.14. The lowest BCUT2D eigenvalue weighted by Crippen LogP contribution is -2.45. The SMILES string of the molecule is CC(C)CC(NC(=[18O])C(C)C)C(=O)C(C)C. The third kappa shape index (κ3) is 5.29. The minimum Gasteiger partial charge on any atom is -0.346 e. The van der Waals surface area contributed by atoms with Crippen molar-refractivity contribution in [1.82, 2.24) is 5.32 Å². The van der Waals surface area contributed by atoms with Crippen LogP contribution in [0.1, 0.15) is 48.0 Å². The molecule has 0 aliphatic rings. The molecule has 1 N–H and O–H groups in total. The summed E-state index contributed by atoms with van der Waals surface area (Å²) < 4.78 is 0. The summed E-state index contributed by atoms with van der Waals surface area (Å²) in [5, 5.41) is 2.84.